The molecule has 0 aliphatic carbocycles. The van der Waals surface area contributed by atoms with Gasteiger partial charge in [0.15, 0.2) is 5.82 Å². The summed E-state index contributed by atoms with van der Waals surface area (Å²) in [4.78, 5) is 44.7. The molecule has 0 saturated carbocycles. The molecule has 0 unspecified atom stereocenters. The summed E-state index contributed by atoms with van der Waals surface area (Å²) in [6.45, 7) is 7.45. The lowest BCUT2D eigenvalue weighted by molar-refractivity contribution is -0.111. The lowest BCUT2D eigenvalue weighted by atomic mass is 10.1. The van der Waals surface area contributed by atoms with Gasteiger partial charge < -0.3 is 25.0 Å². The topological polar surface area (TPSA) is 125 Å². The summed E-state index contributed by atoms with van der Waals surface area (Å²) in [5, 5.41) is 6.02. The van der Waals surface area contributed by atoms with Crippen LogP contribution in [0.4, 0.5) is 34.5 Å². The van der Waals surface area contributed by atoms with E-state index in [0.29, 0.717) is 66.5 Å². The van der Waals surface area contributed by atoms with Crippen LogP contribution in [-0.4, -0.2) is 79.1 Å². The minimum atomic E-state index is -0.325. The molecule has 12 heteroatoms. The number of fused-ring (bicyclic) bond motifs is 2. The van der Waals surface area contributed by atoms with Gasteiger partial charge in [-0.05, 0) is 36.4 Å². The number of amides is 2. The molecule has 1 fully saturated rings. The highest BCUT2D eigenvalue weighted by Crippen LogP contribution is 2.37. The van der Waals surface area contributed by atoms with Crippen molar-refractivity contribution in [3.05, 3.63) is 66.9 Å². The van der Waals surface area contributed by atoms with Crippen molar-refractivity contribution in [3.8, 4) is 5.75 Å². The Balaban J connectivity index is 1.36. The Hall–Kier alpha value is -4.97. The monoisotopic (exact) mass is 540 g/mol. The zero-order valence-electron chi connectivity index (χ0n) is 22.0. The second kappa shape index (κ2) is 10.7. The van der Waals surface area contributed by atoms with E-state index in [1.807, 2.05) is 30.3 Å². The first kappa shape index (κ1) is 25.3. The van der Waals surface area contributed by atoms with Crippen molar-refractivity contribution in [2.45, 2.75) is 0 Å². The maximum atomic E-state index is 13.3. The molecule has 4 heterocycles. The minimum absolute atomic E-state index is 0.211. The first-order valence-electron chi connectivity index (χ1n) is 12.9. The predicted molar refractivity (Wildman–Crippen MR) is 152 cm³/mol. The Morgan fingerprint density at radius 1 is 1.12 bits per heavy atom. The summed E-state index contributed by atoms with van der Waals surface area (Å²) in [5.74, 6) is 1.25. The summed E-state index contributed by atoms with van der Waals surface area (Å²) < 4.78 is 11.1. The number of anilines is 6. The highest BCUT2D eigenvalue weighted by Gasteiger charge is 2.40. The molecule has 2 amide bonds. The van der Waals surface area contributed by atoms with Crippen molar-refractivity contribution in [3.63, 3.8) is 0 Å². The van der Waals surface area contributed by atoms with Crippen LogP contribution >= 0.6 is 0 Å². The van der Waals surface area contributed by atoms with Gasteiger partial charge in [-0.1, -0.05) is 12.6 Å². The van der Waals surface area contributed by atoms with Crippen LogP contribution in [0.25, 0.3) is 0 Å². The Morgan fingerprint density at radius 3 is 2.77 bits per heavy atom. The fourth-order valence-corrected chi connectivity index (χ4v) is 4.89. The summed E-state index contributed by atoms with van der Waals surface area (Å²) in [6, 6.07) is 13.1. The summed E-state index contributed by atoms with van der Waals surface area (Å²) >= 11 is 0. The van der Waals surface area contributed by atoms with Crippen molar-refractivity contribution in [1.82, 2.24) is 14.9 Å². The molecule has 0 bridgehead atoms. The van der Waals surface area contributed by atoms with Gasteiger partial charge in [-0.3, -0.25) is 24.4 Å². The third kappa shape index (κ3) is 4.69. The van der Waals surface area contributed by atoms with Crippen LogP contribution < -0.4 is 25.2 Å². The maximum absolute atomic E-state index is 13.3. The Bertz CT molecular complexity index is 1520. The Labute approximate surface area is 230 Å². The van der Waals surface area contributed by atoms with Gasteiger partial charge in [0.1, 0.15) is 11.3 Å². The van der Waals surface area contributed by atoms with Crippen LogP contribution in [0.1, 0.15) is 10.4 Å². The Morgan fingerprint density at radius 2 is 1.98 bits per heavy atom. The smallest absolute Gasteiger partial charge is 0.266 e. The minimum Gasteiger partial charge on any atom is -0.494 e. The van der Waals surface area contributed by atoms with E-state index in [9.17, 15) is 9.59 Å². The van der Waals surface area contributed by atoms with Gasteiger partial charge in [-0.15, -0.1) is 0 Å². The number of rotatable bonds is 7. The quantitative estimate of drug-likeness (QED) is 0.435. The number of nitrogens with zero attached hydrogens (tertiary/aromatic N) is 6. The first-order chi connectivity index (χ1) is 19.6. The molecule has 40 heavy (non-hydrogen) atoms. The molecular weight excluding hydrogens is 512 g/mol. The standard InChI is InChI=1S/C28H28N8O4/c1-3-24(37)31-18-5-4-6-20(15-18)36-25-21(26(38)35-10-9-29-28(35)36)17-30-27(33-25)32-22-8-7-19(16-23(22)39-2)34-11-13-40-14-12-34/h3-8,15-17H,1,9-14H2,2H3,(H,31,37)(H,30,32,33). The number of aliphatic imine (C=N–C) groups is 1. The highest BCUT2D eigenvalue weighted by molar-refractivity contribution is 6.21. The summed E-state index contributed by atoms with van der Waals surface area (Å²) in [7, 11) is 1.61. The van der Waals surface area contributed by atoms with Crippen molar-refractivity contribution >= 4 is 52.3 Å². The van der Waals surface area contributed by atoms with Gasteiger partial charge in [0.05, 0.1) is 38.2 Å². The molecule has 3 aromatic rings. The van der Waals surface area contributed by atoms with Crippen LogP contribution in [0.15, 0.2) is 66.3 Å². The normalized spacial score (nSPS) is 16.2. The van der Waals surface area contributed by atoms with Gasteiger partial charge in [0.25, 0.3) is 5.91 Å². The molecule has 6 rings (SSSR count). The van der Waals surface area contributed by atoms with Crippen molar-refractivity contribution in [1.29, 1.82) is 0 Å². The average Bonchev–Trinajstić information content (AvgIpc) is 3.48. The third-order valence-electron chi connectivity index (χ3n) is 6.84. The van der Waals surface area contributed by atoms with E-state index in [4.69, 9.17) is 14.5 Å². The number of hydrogen-bond acceptors (Lipinski definition) is 10. The second-order valence-electron chi connectivity index (χ2n) is 9.26. The molecule has 2 aromatic carbocycles. The fourth-order valence-electron chi connectivity index (χ4n) is 4.89. The lowest BCUT2D eigenvalue weighted by Crippen LogP contribution is -2.48. The molecule has 12 nitrogen and oxygen atoms in total. The predicted octanol–water partition coefficient (Wildman–Crippen LogP) is 3.15. The molecular formula is C28H28N8O4. The lowest BCUT2D eigenvalue weighted by Gasteiger charge is -2.35. The van der Waals surface area contributed by atoms with E-state index < -0.39 is 0 Å². The average molecular weight is 541 g/mol. The van der Waals surface area contributed by atoms with Crippen molar-refractivity contribution < 1.29 is 19.1 Å². The number of methoxy groups -OCH3 is 1. The van der Waals surface area contributed by atoms with E-state index >= 15 is 0 Å². The first-order valence-corrected chi connectivity index (χ1v) is 12.9. The zero-order valence-corrected chi connectivity index (χ0v) is 22.0. The molecule has 1 saturated heterocycles. The van der Waals surface area contributed by atoms with E-state index in [0.717, 1.165) is 18.8 Å². The number of aromatic nitrogens is 2. The van der Waals surface area contributed by atoms with Crippen LogP contribution in [0, 0.1) is 0 Å². The summed E-state index contributed by atoms with van der Waals surface area (Å²) in [6.07, 6.45) is 2.73. The van der Waals surface area contributed by atoms with Gasteiger partial charge >= 0.3 is 0 Å². The molecule has 3 aliphatic heterocycles. The highest BCUT2D eigenvalue weighted by atomic mass is 16.5. The Kier molecular flexibility index (Phi) is 6.74. The van der Waals surface area contributed by atoms with Crippen molar-refractivity contribution in [2.24, 2.45) is 4.99 Å². The van der Waals surface area contributed by atoms with Crippen LogP contribution in [0.2, 0.25) is 0 Å². The van der Waals surface area contributed by atoms with E-state index in [1.54, 1.807) is 29.0 Å². The molecule has 0 radical (unpaired) electrons. The molecule has 0 atom stereocenters. The molecule has 204 valence electrons. The number of nitrogens with one attached hydrogen (secondary N) is 2. The van der Waals surface area contributed by atoms with Crippen LogP contribution in [0.3, 0.4) is 0 Å². The van der Waals surface area contributed by atoms with Gasteiger partial charge in [-0.2, -0.15) is 4.98 Å². The van der Waals surface area contributed by atoms with Gasteiger partial charge in [0.2, 0.25) is 17.8 Å². The maximum Gasteiger partial charge on any atom is 0.266 e. The van der Waals surface area contributed by atoms with Crippen LogP contribution in [-0.2, 0) is 9.53 Å². The molecule has 1 aromatic heterocycles. The van der Waals surface area contributed by atoms with Gasteiger partial charge in [-0.25, -0.2) is 4.98 Å². The second-order valence-corrected chi connectivity index (χ2v) is 9.26. The number of benzene rings is 2. The van der Waals surface area contributed by atoms with Crippen LogP contribution in [0.5, 0.6) is 5.75 Å². The number of carbonyl (C=O) groups excluding carboxylic acids is 2. The third-order valence-corrected chi connectivity index (χ3v) is 6.84. The number of hydrogen-bond donors (Lipinski definition) is 2. The number of guanidine groups is 1. The SMILES string of the molecule is C=CC(=O)Nc1cccc(N2C3=NCCN3C(=O)c3cnc(Nc4ccc(N5CCOCC5)cc4OC)nc32)c1. The molecule has 3 aliphatic rings. The number of carbonyl (C=O) groups is 2. The molecule has 0 spiro atoms. The number of ether oxygens (including phenoxy) is 2. The van der Waals surface area contributed by atoms with E-state index in [1.165, 1.54) is 12.3 Å². The molecule has 2 N–H and O–H groups in total. The largest absolute Gasteiger partial charge is 0.494 e. The summed E-state index contributed by atoms with van der Waals surface area (Å²) in [5.41, 5.74) is 3.32. The van der Waals surface area contributed by atoms with Gasteiger partial charge in [0, 0.05) is 43.3 Å². The zero-order chi connectivity index (χ0) is 27.6. The number of morpholine rings is 1. The van der Waals surface area contributed by atoms with Crippen molar-refractivity contribution in [2.75, 3.05) is 66.9 Å². The van der Waals surface area contributed by atoms with E-state index in [2.05, 4.69) is 32.1 Å². The fraction of sp³-hybridized carbons (Fsp3) is 0.250. The van der Waals surface area contributed by atoms with E-state index in [-0.39, 0.29) is 17.8 Å².